The van der Waals surface area contributed by atoms with Gasteiger partial charge in [0.15, 0.2) is 0 Å². The van der Waals surface area contributed by atoms with E-state index < -0.39 is 0 Å². The van der Waals surface area contributed by atoms with Crippen LogP contribution in [0.5, 0.6) is 0 Å². The molecule has 0 aliphatic heterocycles. The van der Waals surface area contributed by atoms with Crippen molar-refractivity contribution in [2.24, 2.45) is 7.05 Å². The lowest BCUT2D eigenvalue weighted by Crippen LogP contribution is -2.00. The Bertz CT molecular complexity index is 479. The van der Waals surface area contributed by atoms with Gasteiger partial charge in [0.2, 0.25) is 0 Å². The largest absolute Gasteiger partial charge is 0.374 e. The number of aryl methyl sites for hydroxylation is 1. The van der Waals surface area contributed by atoms with Gasteiger partial charge in [0.1, 0.15) is 12.4 Å². The van der Waals surface area contributed by atoms with E-state index in [9.17, 15) is 0 Å². The summed E-state index contributed by atoms with van der Waals surface area (Å²) in [5.74, 6) is 0.963. The van der Waals surface area contributed by atoms with Crippen LogP contribution in [0.1, 0.15) is 12.7 Å². The standard InChI is InChI=1S/C11H13BrN2O/c1-3-15-7-11-13-9-5-4-8(12)6-10(9)14(11)2/h4-6H,3,7H2,1-2H3. The van der Waals surface area contributed by atoms with Crippen molar-refractivity contribution < 1.29 is 4.74 Å². The van der Waals surface area contributed by atoms with E-state index in [0.29, 0.717) is 13.2 Å². The number of fused-ring (bicyclic) bond motifs is 1. The zero-order chi connectivity index (χ0) is 10.8. The van der Waals surface area contributed by atoms with Gasteiger partial charge in [-0.1, -0.05) is 15.9 Å². The predicted molar refractivity (Wildman–Crippen MR) is 63.7 cm³/mol. The zero-order valence-corrected chi connectivity index (χ0v) is 10.4. The van der Waals surface area contributed by atoms with Gasteiger partial charge in [-0.3, -0.25) is 0 Å². The van der Waals surface area contributed by atoms with Crippen LogP contribution in [0.2, 0.25) is 0 Å². The van der Waals surface area contributed by atoms with Gasteiger partial charge in [-0.15, -0.1) is 0 Å². The molecule has 2 aromatic rings. The summed E-state index contributed by atoms with van der Waals surface area (Å²) < 4.78 is 8.50. The van der Waals surface area contributed by atoms with Crippen molar-refractivity contribution in [2.45, 2.75) is 13.5 Å². The summed E-state index contributed by atoms with van der Waals surface area (Å²) in [6.07, 6.45) is 0. The topological polar surface area (TPSA) is 27.1 Å². The van der Waals surface area contributed by atoms with E-state index >= 15 is 0 Å². The van der Waals surface area contributed by atoms with E-state index in [0.717, 1.165) is 21.3 Å². The van der Waals surface area contributed by atoms with E-state index in [1.54, 1.807) is 0 Å². The molecule has 1 heterocycles. The first kappa shape index (κ1) is 10.6. The van der Waals surface area contributed by atoms with E-state index in [4.69, 9.17) is 4.74 Å². The van der Waals surface area contributed by atoms with Crippen LogP contribution in [0.3, 0.4) is 0 Å². The number of hydrogen-bond acceptors (Lipinski definition) is 2. The van der Waals surface area contributed by atoms with Crippen molar-refractivity contribution in [3.05, 3.63) is 28.5 Å². The second kappa shape index (κ2) is 4.33. The number of halogens is 1. The quantitative estimate of drug-likeness (QED) is 0.856. The zero-order valence-electron chi connectivity index (χ0n) is 8.83. The summed E-state index contributed by atoms with van der Waals surface area (Å²) in [6.45, 7) is 3.27. The minimum atomic E-state index is 0.569. The molecule has 2 rings (SSSR count). The Labute approximate surface area is 97.2 Å². The van der Waals surface area contributed by atoms with Crippen LogP contribution < -0.4 is 0 Å². The molecule has 0 aliphatic carbocycles. The van der Waals surface area contributed by atoms with Crippen molar-refractivity contribution in [1.82, 2.24) is 9.55 Å². The summed E-state index contributed by atoms with van der Waals surface area (Å²) in [6, 6.07) is 6.08. The fourth-order valence-electron chi connectivity index (χ4n) is 1.54. The summed E-state index contributed by atoms with van der Waals surface area (Å²) in [5, 5.41) is 0. The summed E-state index contributed by atoms with van der Waals surface area (Å²) >= 11 is 3.46. The average Bonchev–Trinajstić information content (AvgIpc) is 2.53. The predicted octanol–water partition coefficient (Wildman–Crippen LogP) is 2.87. The molecule has 0 aliphatic rings. The maximum atomic E-state index is 5.37. The highest BCUT2D eigenvalue weighted by molar-refractivity contribution is 9.10. The Hall–Kier alpha value is -0.870. The Balaban J connectivity index is 2.45. The SMILES string of the molecule is CCOCc1nc2ccc(Br)cc2n1C. The van der Waals surface area contributed by atoms with Gasteiger partial charge < -0.3 is 9.30 Å². The van der Waals surface area contributed by atoms with Crippen molar-refractivity contribution in [2.75, 3.05) is 6.61 Å². The first-order valence-corrected chi connectivity index (χ1v) is 5.70. The molecule has 0 radical (unpaired) electrons. The highest BCUT2D eigenvalue weighted by Crippen LogP contribution is 2.20. The minimum absolute atomic E-state index is 0.569. The first-order valence-electron chi connectivity index (χ1n) is 4.91. The van der Waals surface area contributed by atoms with Gasteiger partial charge >= 0.3 is 0 Å². The minimum Gasteiger partial charge on any atom is -0.374 e. The Morgan fingerprint density at radius 3 is 3.00 bits per heavy atom. The van der Waals surface area contributed by atoms with Gasteiger partial charge in [-0.05, 0) is 25.1 Å². The molecule has 0 atom stereocenters. The summed E-state index contributed by atoms with van der Waals surface area (Å²) in [4.78, 5) is 4.51. The van der Waals surface area contributed by atoms with Gasteiger partial charge in [-0.25, -0.2) is 4.98 Å². The summed E-state index contributed by atoms with van der Waals surface area (Å²) in [5.41, 5.74) is 2.13. The van der Waals surface area contributed by atoms with E-state index in [1.165, 1.54) is 0 Å². The van der Waals surface area contributed by atoms with Crippen molar-refractivity contribution in [1.29, 1.82) is 0 Å². The molecule has 80 valence electrons. The third-order valence-corrected chi connectivity index (χ3v) is 2.86. The maximum absolute atomic E-state index is 5.37. The van der Waals surface area contributed by atoms with Crippen molar-refractivity contribution in [3.8, 4) is 0 Å². The molecule has 1 aromatic carbocycles. The maximum Gasteiger partial charge on any atom is 0.135 e. The van der Waals surface area contributed by atoms with Crippen LogP contribution in [0, 0.1) is 0 Å². The number of benzene rings is 1. The lowest BCUT2D eigenvalue weighted by molar-refractivity contribution is 0.126. The molecule has 15 heavy (non-hydrogen) atoms. The number of nitrogens with zero attached hydrogens (tertiary/aromatic N) is 2. The van der Waals surface area contributed by atoms with Crippen molar-refractivity contribution in [3.63, 3.8) is 0 Å². The molecular weight excluding hydrogens is 256 g/mol. The molecule has 4 heteroatoms. The number of rotatable bonds is 3. The van der Waals surface area contributed by atoms with Crippen molar-refractivity contribution >= 4 is 27.0 Å². The van der Waals surface area contributed by atoms with Crippen LogP contribution in [0.4, 0.5) is 0 Å². The van der Waals surface area contributed by atoms with Gasteiger partial charge in [-0.2, -0.15) is 0 Å². The van der Waals surface area contributed by atoms with Crippen LogP contribution >= 0.6 is 15.9 Å². The fraction of sp³-hybridized carbons (Fsp3) is 0.364. The smallest absolute Gasteiger partial charge is 0.135 e. The highest BCUT2D eigenvalue weighted by Gasteiger charge is 2.07. The fourth-order valence-corrected chi connectivity index (χ4v) is 1.88. The molecule has 0 spiro atoms. The van der Waals surface area contributed by atoms with Crippen LogP contribution in [0.15, 0.2) is 22.7 Å². The number of hydrogen-bond donors (Lipinski definition) is 0. The Morgan fingerprint density at radius 1 is 1.47 bits per heavy atom. The lowest BCUT2D eigenvalue weighted by Gasteiger charge is -2.01. The first-order chi connectivity index (χ1) is 7.22. The van der Waals surface area contributed by atoms with Crippen LogP contribution in [-0.2, 0) is 18.4 Å². The molecule has 3 nitrogen and oxygen atoms in total. The Morgan fingerprint density at radius 2 is 2.27 bits per heavy atom. The van der Waals surface area contributed by atoms with Crippen LogP contribution in [-0.4, -0.2) is 16.2 Å². The number of aromatic nitrogens is 2. The lowest BCUT2D eigenvalue weighted by atomic mass is 10.3. The molecule has 0 saturated carbocycles. The van der Waals surface area contributed by atoms with E-state index in [-0.39, 0.29) is 0 Å². The van der Waals surface area contributed by atoms with E-state index in [1.807, 2.05) is 26.1 Å². The molecule has 0 saturated heterocycles. The molecule has 0 bridgehead atoms. The molecule has 0 amide bonds. The average molecular weight is 269 g/mol. The third kappa shape index (κ3) is 2.06. The van der Waals surface area contributed by atoms with Gasteiger partial charge in [0.05, 0.1) is 11.0 Å². The number of imidazole rings is 1. The monoisotopic (exact) mass is 268 g/mol. The number of ether oxygens (including phenoxy) is 1. The molecular formula is C11H13BrN2O. The molecule has 0 N–H and O–H groups in total. The molecule has 1 aromatic heterocycles. The normalized spacial score (nSPS) is 11.1. The van der Waals surface area contributed by atoms with Gasteiger partial charge in [0, 0.05) is 18.1 Å². The second-order valence-corrected chi connectivity index (χ2v) is 4.27. The van der Waals surface area contributed by atoms with Gasteiger partial charge in [0.25, 0.3) is 0 Å². The highest BCUT2D eigenvalue weighted by atomic mass is 79.9. The summed E-state index contributed by atoms with van der Waals surface area (Å²) in [7, 11) is 2.01. The van der Waals surface area contributed by atoms with E-state index in [2.05, 4.69) is 31.5 Å². The molecule has 0 fully saturated rings. The van der Waals surface area contributed by atoms with Crippen LogP contribution in [0.25, 0.3) is 11.0 Å². The Kier molecular flexibility index (Phi) is 3.07. The third-order valence-electron chi connectivity index (χ3n) is 2.37. The molecule has 0 unspecified atom stereocenters. The second-order valence-electron chi connectivity index (χ2n) is 3.36.